The summed E-state index contributed by atoms with van der Waals surface area (Å²) in [5.74, 6) is -0.145. The lowest BCUT2D eigenvalue weighted by Crippen LogP contribution is -2.49. The van der Waals surface area contributed by atoms with Gasteiger partial charge in [0.1, 0.15) is 5.82 Å². The Bertz CT molecular complexity index is 911. The highest BCUT2D eigenvalue weighted by molar-refractivity contribution is 5.84. The van der Waals surface area contributed by atoms with Crippen LogP contribution in [-0.4, -0.2) is 11.9 Å². The molecule has 0 radical (unpaired) electrons. The molecular weight excluding hydrogens is 389 g/mol. The molecule has 4 nitrogen and oxygen atoms in total. The van der Waals surface area contributed by atoms with Gasteiger partial charge in [0.2, 0.25) is 5.91 Å². The van der Waals surface area contributed by atoms with Crippen LogP contribution in [0.4, 0.5) is 4.39 Å². The number of carbonyl (C=O) groups is 1. The Balaban J connectivity index is 1.86. The number of hydrogen-bond donors (Lipinski definition) is 1. The molecule has 2 aliphatic carbocycles. The highest BCUT2D eigenvalue weighted by Crippen LogP contribution is 2.58. The molecule has 0 bridgehead atoms. The van der Waals surface area contributed by atoms with E-state index in [9.17, 15) is 9.18 Å². The fourth-order valence-electron chi connectivity index (χ4n) is 5.18. The predicted molar refractivity (Wildman–Crippen MR) is 124 cm³/mol. The van der Waals surface area contributed by atoms with Crippen molar-refractivity contribution >= 4 is 11.6 Å². The van der Waals surface area contributed by atoms with E-state index < -0.39 is 5.41 Å². The molecule has 0 saturated heterocycles. The third kappa shape index (κ3) is 4.56. The number of carbonyl (C=O) groups excluding carboxylic acids is 1. The van der Waals surface area contributed by atoms with Crippen LogP contribution in [0.15, 0.2) is 65.5 Å². The first-order valence-corrected chi connectivity index (χ1v) is 11.2. The molecule has 0 aliphatic heterocycles. The van der Waals surface area contributed by atoms with Gasteiger partial charge >= 0.3 is 0 Å². The van der Waals surface area contributed by atoms with Crippen molar-refractivity contribution in [2.45, 2.75) is 65.3 Å². The lowest BCUT2D eigenvalue weighted by atomic mass is 9.63. The van der Waals surface area contributed by atoms with Crippen LogP contribution in [0.3, 0.4) is 0 Å². The Kier molecular flexibility index (Phi) is 6.93. The van der Waals surface area contributed by atoms with Gasteiger partial charge in [-0.05, 0) is 60.8 Å². The molecule has 1 unspecified atom stereocenters. The Labute approximate surface area is 185 Å². The van der Waals surface area contributed by atoms with Crippen molar-refractivity contribution in [2.24, 2.45) is 27.0 Å². The van der Waals surface area contributed by atoms with E-state index in [2.05, 4.69) is 49.5 Å². The maximum atomic E-state index is 14.4. The number of nitrogens with zero attached hydrogens (tertiary/aromatic N) is 2. The maximum Gasteiger partial charge on any atom is 0.226 e. The zero-order chi connectivity index (χ0) is 22.6. The van der Waals surface area contributed by atoms with Crippen LogP contribution in [0.25, 0.3) is 5.70 Å². The molecule has 1 N–H and O–H groups in total. The van der Waals surface area contributed by atoms with E-state index in [1.54, 1.807) is 24.3 Å². The minimum absolute atomic E-state index is 0.0764. The summed E-state index contributed by atoms with van der Waals surface area (Å²) in [5.41, 5.74) is 0.815. The van der Waals surface area contributed by atoms with Gasteiger partial charge in [0.05, 0.1) is 11.1 Å². The van der Waals surface area contributed by atoms with Crippen LogP contribution >= 0.6 is 0 Å². The third-order valence-corrected chi connectivity index (χ3v) is 7.58. The quantitative estimate of drug-likeness (QED) is 0.380. The van der Waals surface area contributed by atoms with E-state index in [-0.39, 0.29) is 23.1 Å². The molecule has 1 aromatic rings. The Morgan fingerprint density at radius 2 is 1.87 bits per heavy atom. The van der Waals surface area contributed by atoms with Gasteiger partial charge in [0.25, 0.3) is 0 Å². The standard InChI is InChI=1S/C26H34FN3O/c1-6-28-30-23(20-13-9-10-14-22(20)27)17-18(2)21-15-16-26(5,25(21,3)4)24(31)29-19-11-7-8-12-19/h6,9-10,13-14,17,19,21H,1-2,7-8,11-12,15-16H2,3-5H3,(H,29,31)/b23-17-,30-28?/t21-,26?/m0/s1. The molecule has 2 saturated carbocycles. The van der Waals surface area contributed by atoms with E-state index in [1.807, 2.05) is 0 Å². The van der Waals surface area contributed by atoms with Gasteiger partial charge in [-0.2, -0.15) is 10.2 Å². The Morgan fingerprint density at radius 1 is 1.19 bits per heavy atom. The SMILES string of the molecule is C=CN=N/C(=C\C(=C)[C@@H]1CCC(C)(C(=O)NC2CCCC2)C1(C)C)c1ccccc1F. The number of benzene rings is 1. The second-order valence-electron chi connectivity index (χ2n) is 9.58. The maximum absolute atomic E-state index is 14.4. The lowest BCUT2D eigenvalue weighted by Gasteiger charge is -2.41. The number of halogens is 1. The number of nitrogens with one attached hydrogen (secondary N) is 1. The molecule has 31 heavy (non-hydrogen) atoms. The van der Waals surface area contributed by atoms with E-state index in [0.717, 1.165) is 31.3 Å². The first kappa shape index (κ1) is 23.1. The normalized spacial score (nSPS) is 26.3. The first-order chi connectivity index (χ1) is 14.7. The number of azo groups is 1. The van der Waals surface area contributed by atoms with Crippen LogP contribution in [-0.2, 0) is 4.79 Å². The number of hydrogen-bond acceptors (Lipinski definition) is 3. The number of allylic oxidation sites excluding steroid dienone is 2. The average Bonchev–Trinajstić information content (AvgIpc) is 3.32. The fraction of sp³-hybridized carbons (Fsp3) is 0.500. The van der Waals surface area contributed by atoms with Crippen molar-refractivity contribution in [1.82, 2.24) is 5.32 Å². The second kappa shape index (κ2) is 9.29. The van der Waals surface area contributed by atoms with Gasteiger partial charge < -0.3 is 5.32 Å². The zero-order valence-electron chi connectivity index (χ0n) is 19.0. The molecule has 0 spiro atoms. The summed E-state index contributed by atoms with van der Waals surface area (Å²) in [6.07, 6.45) is 9.28. The minimum atomic E-state index is -0.488. The zero-order valence-corrected chi connectivity index (χ0v) is 19.0. The smallest absolute Gasteiger partial charge is 0.226 e. The molecule has 2 fully saturated rings. The molecule has 3 rings (SSSR count). The van der Waals surface area contributed by atoms with E-state index in [4.69, 9.17) is 0 Å². The second-order valence-corrected chi connectivity index (χ2v) is 9.58. The molecule has 0 aromatic heterocycles. The van der Waals surface area contributed by atoms with Crippen molar-refractivity contribution in [3.63, 3.8) is 0 Å². The van der Waals surface area contributed by atoms with Gasteiger partial charge in [-0.25, -0.2) is 4.39 Å². The van der Waals surface area contributed by atoms with E-state index in [0.29, 0.717) is 17.3 Å². The number of rotatable bonds is 7. The minimum Gasteiger partial charge on any atom is -0.353 e. The number of amides is 1. The average molecular weight is 424 g/mol. The highest BCUT2D eigenvalue weighted by atomic mass is 19.1. The van der Waals surface area contributed by atoms with E-state index in [1.165, 1.54) is 25.1 Å². The van der Waals surface area contributed by atoms with Crippen molar-refractivity contribution in [3.8, 4) is 0 Å². The van der Waals surface area contributed by atoms with Crippen LogP contribution < -0.4 is 5.32 Å². The Hall–Kier alpha value is -2.56. The Morgan fingerprint density at radius 3 is 2.52 bits per heavy atom. The molecule has 2 aliphatic rings. The summed E-state index contributed by atoms with van der Waals surface area (Å²) < 4.78 is 14.4. The largest absolute Gasteiger partial charge is 0.353 e. The molecule has 166 valence electrons. The summed E-state index contributed by atoms with van der Waals surface area (Å²) in [6, 6.07) is 6.79. The molecule has 1 aromatic carbocycles. The van der Waals surface area contributed by atoms with Crippen molar-refractivity contribution in [1.29, 1.82) is 0 Å². The molecule has 1 amide bonds. The van der Waals surface area contributed by atoms with Crippen LogP contribution in [0.5, 0.6) is 0 Å². The lowest BCUT2D eigenvalue weighted by molar-refractivity contribution is -0.136. The molecule has 5 heteroatoms. The van der Waals surface area contributed by atoms with E-state index >= 15 is 0 Å². The van der Waals surface area contributed by atoms with Gasteiger partial charge in [0.15, 0.2) is 0 Å². The first-order valence-electron chi connectivity index (χ1n) is 11.2. The third-order valence-electron chi connectivity index (χ3n) is 7.58. The van der Waals surface area contributed by atoms with Gasteiger partial charge in [0, 0.05) is 17.8 Å². The molecule has 0 heterocycles. The van der Waals surface area contributed by atoms with Gasteiger partial charge in [-0.1, -0.05) is 58.9 Å². The van der Waals surface area contributed by atoms with Crippen LogP contribution in [0.1, 0.15) is 64.9 Å². The molecule has 2 atom stereocenters. The van der Waals surface area contributed by atoms with Crippen LogP contribution in [0.2, 0.25) is 0 Å². The van der Waals surface area contributed by atoms with Gasteiger partial charge in [-0.3, -0.25) is 4.79 Å². The monoisotopic (exact) mass is 423 g/mol. The summed E-state index contributed by atoms with van der Waals surface area (Å²) in [5, 5.41) is 11.3. The van der Waals surface area contributed by atoms with Crippen molar-refractivity contribution in [3.05, 3.63) is 66.7 Å². The highest BCUT2D eigenvalue weighted by Gasteiger charge is 2.56. The predicted octanol–water partition coefficient (Wildman–Crippen LogP) is 6.82. The summed E-state index contributed by atoms with van der Waals surface area (Å²) in [7, 11) is 0. The summed E-state index contributed by atoms with van der Waals surface area (Å²) >= 11 is 0. The molecular formula is C26H34FN3O. The fourth-order valence-corrected chi connectivity index (χ4v) is 5.18. The van der Waals surface area contributed by atoms with Gasteiger partial charge in [-0.15, -0.1) is 0 Å². The summed E-state index contributed by atoms with van der Waals surface area (Å²) in [4.78, 5) is 13.3. The van der Waals surface area contributed by atoms with Crippen molar-refractivity contribution < 1.29 is 9.18 Å². The topological polar surface area (TPSA) is 53.8 Å². The summed E-state index contributed by atoms with van der Waals surface area (Å²) in [6.45, 7) is 14.2. The van der Waals surface area contributed by atoms with Crippen molar-refractivity contribution in [2.75, 3.05) is 0 Å². The van der Waals surface area contributed by atoms with Crippen LogP contribution in [0, 0.1) is 22.6 Å².